The number of hydrogen-bond donors (Lipinski definition) is 0. The maximum Gasteiger partial charge on any atom is 0.185 e. The molecule has 1 heterocycles. The Morgan fingerprint density at radius 2 is 1.92 bits per heavy atom. The molecule has 0 bridgehead atoms. The summed E-state index contributed by atoms with van der Waals surface area (Å²) < 4.78 is 19.0. The largest absolute Gasteiger partial charge is 0.488 e. The third-order valence-electron chi connectivity index (χ3n) is 4.21. The minimum atomic E-state index is -0.417. The third kappa shape index (κ3) is 3.09. The molecule has 0 saturated heterocycles. The van der Waals surface area contributed by atoms with E-state index < -0.39 is 5.82 Å². The molecule has 0 radical (unpaired) electrons. The Labute approximate surface area is 144 Å². The van der Waals surface area contributed by atoms with Gasteiger partial charge in [0.1, 0.15) is 18.2 Å². The van der Waals surface area contributed by atoms with Crippen molar-refractivity contribution in [3.8, 4) is 5.75 Å². The lowest BCUT2D eigenvalue weighted by Gasteiger charge is -2.18. The summed E-state index contributed by atoms with van der Waals surface area (Å²) in [6, 6.07) is 17.8. The highest BCUT2D eigenvalue weighted by atomic mass is 19.1. The fourth-order valence-corrected chi connectivity index (χ4v) is 2.96. The number of fused-ring (bicyclic) bond motifs is 3. The smallest absolute Gasteiger partial charge is 0.185 e. The molecular formula is C22H15FO2. The van der Waals surface area contributed by atoms with Crippen LogP contribution in [0, 0.1) is 5.82 Å². The highest BCUT2D eigenvalue weighted by Gasteiger charge is 2.13. The van der Waals surface area contributed by atoms with Crippen molar-refractivity contribution in [1.29, 1.82) is 0 Å². The second-order valence-electron chi connectivity index (χ2n) is 5.91. The zero-order valence-corrected chi connectivity index (χ0v) is 13.4. The number of halogens is 1. The summed E-state index contributed by atoms with van der Waals surface area (Å²) in [7, 11) is 0. The van der Waals surface area contributed by atoms with Crippen LogP contribution in [0.3, 0.4) is 0 Å². The Hall–Kier alpha value is -3.20. The summed E-state index contributed by atoms with van der Waals surface area (Å²) >= 11 is 0. The van der Waals surface area contributed by atoms with E-state index in [9.17, 15) is 9.18 Å². The quantitative estimate of drug-likeness (QED) is 0.488. The van der Waals surface area contributed by atoms with E-state index in [-0.39, 0.29) is 5.78 Å². The van der Waals surface area contributed by atoms with Crippen LogP contribution in [0.4, 0.5) is 4.39 Å². The molecule has 3 heteroatoms. The maximum atomic E-state index is 13.2. The molecule has 0 spiro atoms. The van der Waals surface area contributed by atoms with Crippen LogP contribution in [0.15, 0.2) is 78.4 Å². The first kappa shape index (κ1) is 15.3. The SMILES string of the molecule is O=C(/C=C/C1=Cc2c(ccc3ccccc23)OC1)c1cccc(F)c1. The zero-order chi connectivity index (χ0) is 17.2. The molecule has 3 aromatic rings. The molecule has 1 aliphatic rings. The molecule has 0 unspecified atom stereocenters. The Morgan fingerprint density at radius 3 is 2.80 bits per heavy atom. The first-order valence-corrected chi connectivity index (χ1v) is 8.04. The van der Waals surface area contributed by atoms with E-state index in [1.807, 2.05) is 30.3 Å². The van der Waals surface area contributed by atoms with Gasteiger partial charge in [-0.1, -0.05) is 48.5 Å². The Bertz CT molecular complexity index is 1030. The summed E-state index contributed by atoms with van der Waals surface area (Å²) in [5.41, 5.74) is 2.25. The summed E-state index contributed by atoms with van der Waals surface area (Å²) in [6.07, 6.45) is 5.23. The monoisotopic (exact) mass is 330 g/mol. The lowest BCUT2D eigenvalue weighted by Crippen LogP contribution is -2.06. The van der Waals surface area contributed by atoms with Gasteiger partial charge in [-0.3, -0.25) is 4.79 Å². The molecule has 0 N–H and O–H groups in total. The van der Waals surface area contributed by atoms with Crippen LogP contribution < -0.4 is 4.74 Å². The van der Waals surface area contributed by atoms with Crippen LogP contribution in [0.5, 0.6) is 5.75 Å². The molecule has 122 valence electrons. The number of allylic oxidation sites excluding steroid dienone is 1. The van der Waals surface area contributed by atoms with Gasteiger partial charge in [-0.2, -0.15) is 0 Å². The van der Waals surface area contributed by atoms with Gasteiger partial charge in [0.15, 0.2) is 5.78 Å². The van der Waals surface area contributed by atoms with E-state index in [1.54, 1.807) is 12.1 Å². The fraction of sp³-hybridized carbons (Fsp3) is 0.0455. The van der Waals surface area contributed by atoms with Gasteiger partial charge in [-0.25, -0.2) is 4.39 Å². The molecule has 0 aromatic heterocycles. The first-order valence-electron chi connectivity index (χ1n) is 8.04. The van der Waals surface area contributed by atoms with E-state index in [4.69, 9.17) is 4.74 Å². The van der Waals surface area contributed by atoms with Crippen molar-refractivity contribution in [2.45, 2.75) is 0 Å². The number of ketones is 1. The molecule has 3 aromatic carbocycles. The first-order chi connectivity index (χ1) is 12.2. The normalized spacial score (nSPS) is 13.4. The number of carbonyl (C=O) groups is 1. The van der Waals surface area contributed by atoms with Crippen LogP contribution in [0.25, 0.3) is 16.8 Å². The second kappa shape index (κ2) is 6.36. The van der Waals surface area contributed by atoms with Gasteiger partial charge in [0, 0.05) is 11.1 Å². The number of rotatable bonds is 3. The maximum absolute atomic E-state index is 13.2. The molecule has 0 aliphatic carbocycles. The second-order valence-corrected chi connectivity index (χ2v) is 5.91. The number of carbonyl (C=O) groups excluding carboxylic acids is 1. The van der Waals surface area contributed by atoms with Gasteiger partial charge in [0.25, 0.3) is 0 Å². The minimum absolute atomic E-state index is 0.232. The van der Waals surface area contributed by atoms with Gasteiger partial charge in [-0.05, 0) is 46.7 Å². The predicted octanol–water partition coefficient (Wildman–Crippen LogP) is 5.19. The van der Waals surface area contributed by atoms with E-state index in [0.29, 0.717) is 12.2 Å². The Kier molecular flexibility index (Phi) is 3.90. The fourth-order valence-electron chi connectivity index (χ4n) is 2.96. The Morgan fingerprint density at radius 1 is 1.04 bits per heavy atom. The molecule has 0 amide bonds. The van der Waals surface area contributed by atoms with Crippen molar-refractivity contribution >= 4 is 22.6 Å². The van der Waals surface area contributed by atoms with Crippen LogP contribution >= 0.6 is 0 Å². The van der Waals surface area contributed by atoms with Crippen LogP contribution in [-0.4, -0.2) is 12.4 Å². The van der Waals surface area contributed by atoms with Crippen molar-refractivity contribution < 1.29 is 13.9 Å². The molecule has 0 fully saturated rings. The van der Waals surface area contributed by atoms with Crippen molar-refractivity contribution in [3.05, 3.63) is 95.3 Å². The lowest BCUT2D eigenvalue weighted by molar-refractivity contribution is 0.104. The summed E-state index contributed by atoms with van der Waals surface area (Å²) in [4.78, 5) is 12.2. The van der Waals surface area contributed by atoms with Crippen LogP contribution in [0.2, 0.25) is 0 Å². The highest BCUT2D eigenvalue weighted by molar-refractivity contribution is 6.05. The molecule has 25 heavy (non-hydrogen) atoms. The summed E-state index contributed by atoms with van der Waals surface area (Å²) in [5, 5.41) is 2.25. The average molecular weight is 330 g/mol. The third-order valence-corrected chi connectivity index (χ3v) is 4.21. The minimum Gasteiger partial charge on any atom is -0.488 e. The van der Waals surface area contributed by atoms with E-state index >= 15 is 0 Å². The van der Waals surface area contributed by atoms with Gasteiger partial charge < -0.3 is 4.74 Å². The molecule has 0 saturated carbocycles. The molecule has 0 atom stereocenters. The van der Waals surface area contributed by atoms with E-state index in [2.05, 4.69) is 12.1 Å². The predicted molar refractivity (Wildman–Crippen MR) is 97.3 cm³/mol. The zero-order valence-electron chi connectivity index (χ0n) is 13.4. The lowest BCUT2D eigenvalue weighted by atomic mass is 9.99. The van der Waals surface area contributed by atoms with Gasteiger partial charge in [0.2, 0.25) is 0 Å². The molecule has 4 rings (SSSR count). The van der Waals surface area contributed by atoms with Crippen LogP contribution in [-0.2, 0) is 0 Å². The molecule has 2 nitrogen and oxygen atoms in total. The van der Waals surface area contributed by atoms with E-state index in [0.717, 1.165) is 27.7 Å². The highest BCUT2D eigenvalue weighted by Crippen LogP contribution is 2.33. The number of hydrogen-bond acceptors (Lipinski definition) is 2. The van der Waals surface area contributed by atoms with Crippen LogP contribution in [0.1, 0.15) is 15.9 Å². The van der Waals surface area contributed by atoms with Crippen molar-refractivity contribution in [3.63, 3.8) is 0 Å². The molecule has 1 aliphatic heterocycles. The number of benzene rings is 3. The topological polar surface area (TPSA) is 26.3 Å². The van der Waals surface area contributed by atoms with Gasteiger partial charge in [0.05, 0.1) is 0 Å². The average Bonchev–Trinajstić information content (AvgIpc) is 2.66. The standard InChI is InChI=1S/C22H15FO2/c23-18-6-3-5-17(13-18)21(24)10-8-15-12-20-19-7-2-1-4-16(19)9-11-22(20)25-14-15/h1-13H,14H2/b10-8+. The van der Waals surface area contributed by atoms with Gasteiger partial charge in [-0.15, -0.1) is 0 Å². The molecular weight excluding hydrogens is 315 g/mol. The summed E-state index contributed by atoms with van der Waals surface area (Å²) in [5.74, 6) is 0.191. The van der Waals surface area contributed by atoms with Crippen molar-refractivity contribution in [2.24, 2.45) is 0 Å². The number of ether oxygens (including phenoxy) is 1. The summed E-state index contributed by atoms with van der Waals surface area (Å²) in [6.45, 7) is 0.401. The van der Waals surface area contributed by atoms with Crippen molar-refractivity contribution in [2.75, 3.05) is 6.61 Å². The van der Waals surface area contributed by atoms with Crippen molar-refractivity contribution in [1.82, 2.24) is 0 Å². The van der Waals surface area contributed by atoms with E-state index in [1.165, 1.54) is 24.3 Å². The Balaban J connectivity index is 1.65. The van der Waals surface area contributed by atoms with Gasteiger partial charge >= 0.3 is 0 Å².